The number of piperidine rings is 1. The standard InChI is InChI=1S/C21H21N7O2/c22-19(29)14-10-18(30-12-14)17-11-23-20(21-24-13-25-28(17)21)26-15-4-6-16(7-5-15)27-8-2-1-3-9-27/h4-7,10-13H,1-3,8-9H2,(H2,22,29)(H,23,26). The molecule has 1 saturated heterocycles. The van der Waals surface area contributed by atoms with Gasteiger partial charge >= 0.3 is 0 Å². The highest BCUT2D eigenvalue weighted by molar-refractivity contribution is 5.93. The molecule has 3 aromatic heterocycles. The number of carbonyl (C=O) groups excluding carboxylic acids is 1. The van der Waals surface area contributed by atoms with Crippen molar-refractivity contribution >= 4 is 28.7 Å². The molecule has 9 heteroatoms. The maximum absolute atomic E-state index is 11.3. The van der Waals surface area contributed by atoms with E-state index in [1.54, 1.807) is 16.8 Å². The lowest BCUT2D eigenvalue weighted by Crippen LogP contribution is -2.29. The maximum Gasteiger partial charge on any atom is 0.251 e. The molecular formula is C21H21N7O2. The number of anilines is 3. The van der Waals surface area contributed by atoms with Crippen LogP contribution in [0, 0.1) is 0 Å². The molecule has 152 valence electrons. The summed E-state index contributed by atoms with van der Waals surface area (Å²) in [6.07, 6.45) is 8.19. The van der Waals surface area contributed by atoms with Crippen LogP contribution < -0.4 is 16.0 Å². The predicted molar refractivity (Wildman–Crippen MR) is 113 cm³/mol. The van der Waals surface area contributed by atoms with E-state index in [0.29, 0.717) is 22.9 Å². The average molecular weight is 403 g/mol. The van der Waals surface area contributed by atoms with E-state index < -0.39 is 5.91 Å². The predicted octanol–water partition coefficient (Wildman–Crippen LogP) is 3.22. The molecule has 9 nitrogen and oxygen atoms in total. The topological polar surface area (TPSA) is 115 Å². The molecule has 1 aromatic carbocycles. The van der Waals surface area contributed by atoms with E-state index in [0.717, 1.165) is 18.8 Å². The lowest BCUT2D eigenvalue weighted by Gasteiger charge is -2.28. The first-order valence-electron chi connectivity index (χ1n) is 9.88. The Morgan fingerprint density at radius 3 is 2.63 bits per heavy atom. The number of furan rings is 1. The van der Waals surface area contributed by atoms with Gasteiger partial charge in [-0.15, -0.1) is 0 Å². The van der Waals surface area contributed by atoms with Gasteiger partial charge in [0.1, 0.15) is 18.3 Å². The summed E-state index contributed by atoms with van der Waals surface area (Å²) in [6.45, 7) is 2.22. The molecule has 0 radical (unpaired) electrons. The van der Waals surface area contributed by atoms with Crippen LogP contribution in [0.2, 0.25) is 0 Å². The Balaban J connectivity index is 1.41. The Kier molecular flexibility index (Phi) is 4.55. The van der Waals surface area contributed by atoms with Gasteiger partial charge in [-0.3, -0.25) is 4.79 Å². The highest BCUT2D eigenvalue weighted by Gasteiger charge is 2.16. The molecule has 1 aliphatic rings. The number of nitrogens with zero attached hydrogens (tertiary/aromatic N) is 5. The van der Waals surface area contributed by atoms with E-state index >= 15 is 0 Å². The second-order valence-corrected chi connectivity index (χ2v) is 7.27. The number of hydrogen-bond donors (Lipinski definition) is 2. The average Bonchev–Trinajstić information content (AvgIpc) is 3.46. The first kappa shape index (κ1) is 18.2. The third-order valence-corrected chi connectivity index (χ3v) is 5.29. The van der Waals surface area contributed by atoms with Gasteiger partial charge in [-0.1, -0.05) is 0 Å². The van der Waals surface area contributed by atoms with E-state index in [1.165, 1.54) is 37.5 Å². The number of primary amides is 1. The fraction of sp³-hybridized carbons (Fsp3) is 0.238. The third-order valence-electron chi connectivity index (χ3n) is 5.29. The molecule has 0 atom stereocenters. The maximum atomic E-state index is 11.3. The van der Waals surface area contributed by atoms with Gasteiger partial charge in [0, 0.05) is 24.5 Å². The summed E-state index contributed by atoms with van der Waals surface area (Å²) in [6, 6.07) is 9.89. The molecular weight excluding hydrogens is 382 g/mol. The van der Waals surface area contributed by atoms with Crippen molar-refractivity contribution in [3.63, 3.8) is 0 Å². The lowest BCUT2D eigenvalue weighted by atomic mass is 10.1. The van der Waals surface area contributed by atoms with Crippen molar-refractivity contribution < 1.29 is 9.21 Å². The van der Waals surface area contributed by atoms with Gasteiger partial charge in [-0.2, -0.15) is 5.10 Å². The number of nitrogens with two attached hydrogens (primary N) is 1. The van der Waals surface area contributed by atoms with Gasteiger partial charge in [-0.05, 0) is 49.6 Å². The third kappa shape index (κ3) is 3.34. The van der Waals surface area contributed by atoms with E-state index in [2.05, 4.69) is 37.4 Å². The molecule has 0 spiro atoms. The van der Waals surface area contributed by atoms with Gasteiger partial charge in [0.15, 0.2) is 17.2 Å². The molecule has 1 aliphatic heterocycles. The number of carbonyl (C=O) groups is 1. The highest BCUT2D eigenvalue weighted by atomic mass is 16.3. The van der Waals surface area contributed by atoms with E-state index in [-0.39, 0.29) is 5.56 Å². The molecule has 30 heavy (non-hydrogen) atoms. The zero-order valence-electron chi connectivity index (χ0n) is 16.3. The number of nitrogens with one attached hydrogen (secondary N) is 1. The largest absolute Gasteiger partial charge is 0.462 e. The van der Waals surface area contributed by atoms with Crippen molar-refractivity contribution in [1.29, 1.82) is 0 Å². The van der Waals surface area contributed by atoms with Gasteiger partial charge in [0.25, 0.3) is 5.91 Å². The number of rotatable bonds is 5. The van der Waals surface area contributed by atoms with Crippen molar-refractivity contribution in [2.24, 2.45) is 5.73 Å². The van der Waals surface area contributed by atoms with Crippen LogP contribution in [0.1, 0.15) is 29.6 Å². The van der Waals surface area contributed by atoms with Crippen LogP contribution in [-0.2, 0) is 0 Å². The lowest BCUT2D eigenvalue weighted by molar-refractivity contribution is 0.0999. The van der Waals surface area contributed by atoms with Crippen LogP contribution in [0.5, 0.6) is 0 Å². The summed E-state index contributed by atoms with van der Waals surface area (Å²) in [7, 11) is 0. The fourth-order valence-corrected chi connectivity index (χ4v) is 3.72. The molecule has 3 N–H and O–H groups in total. The normalized spacial score (nSPS) is 14.2. The second kappa shape index (κ2) is 7.51. The first-order chi connectivity index (χ1) is 14.7. The minimum absolute atomic E-state index is 0.286. The van der Waals surface area contributed by atoms with E-state index in [9.17, 15) is 4.79 Å². The minimum atomic E-state index is -0.556. The van der Waals surface area contributed by atoms with Crippen LogP contribution in [0.3, 0.4) is 0 Å². The Bertz CT molecular complexity index is 1190. The molecule has 0 aliphatic carbocycles. The van der Waals surface area contributed by atoms with Gasteiger partial charge in [0.05, 0.1) is 11.8 Å². The minimum Gasteiger partial charge on any atom is -0.462 e. The molecule has 1 amide bonds. The van der Waals surface area contributed by atoms with Gasteiger partial charge in [-0.25, -0.2) is 14.5 Å². The van der Waals surface area contributed by atoms with E-state index in [4.69, 9.17) is 10.2 Å². The summed E-state index contributed by atoms with van der Waals surface area (Å²) in [5, 5.41) is 7.58. The Morgan fingerprint density at radius 1 is 1.10 bits per heavy atom. The van der Waals surface area contributed by atoms with Gasteiger partial charge < -0.3 is 20.4 Å². The summed E-state index contributed by atoms with van der Waals surface area (Å²) >= 11 is 0. The van der Waals surface area contributed by atoms with Crippen molar-refractivity contribution in [3.05, 3.63) is 54.7 Å². The van der Waals surface area contributed by atoms with Crippen molar-refractivity contribution in [2.45, 2.75) is 19.3 Å². The smallest absolute Gasteiger partial charge is 0.251 e. The van der Waals surface area contributed by atoms with Crippen molar-refractivity contribution in [3.8, 4) is 11.5 Å². The SMILES string of the molecule is NC(=O)c1coc(-c2cnc(Nc3ccc(N4CCCCC4)cc3)c3ncnn23)c1. The zero-order chi connectivity index (χ0) is 20.5. The highest BCUT2D eigenvalue weighted by Crippen LogP contribution is 2.27. The number of hydrogen-bond acceptors (Lipinski definition) is 7. The van der Waals surface area contributed by atoms with Crippen LogP contribution in [0.15, 0.2) is 53.5 Å². The van der Waals surface area contributed by atoms with Crippen LogP contribution >= 0.6 is 0 Å². The van der Waals surface area contributed by atoms with Crippen molar-refractivity contribution in [1.82, 2.24) is 19.6 Å². The van der Waals surface area contributed by atoms with Gasteiger partial charge in [0.2, 0.25) is 0 Å². The molecule has 4 heterocycles. The molecule has 0 bridgehead atoms. The van der Waals surface area contributed by atoms with E-state index in [1.807, 2.05) is 12.1 Å². The summed E-state index contributed by atoms with van der Waals surface area (Å²) in [5.74, 6) is 0.451. The van der Waals surface area contributed by atoms with Crippen LogP contribution in [0.25, 0.3) is 17.1 Å². The summed E-state index contributed by atoms with van der Waals surface area (Å²) in [4.78, 5) is 22.6. The Morgan fingerprint density at radius 2 is 1.90 bits per heavy atom. The molecule has 0 saturated carbocycles. The Labute approximate surface area is 172 Å². The molecule has 0 unspecified atom stereocenters. The Hall–Kier alpha value is -3.88. The van der Waals surface area contributed by atoms with Crippen molar-refractivity contribution in [2.75, 3.05) is 23.3 Å². The summed E-state index contributed by atoms with van der Waals surface area (Å²) in [5.41, 5.74) is 8.85. The molecule has 1 fully saturated rings. The molecule has 4 aromatic rings. The number of amides is 1. The quantitative estimate of drug-likeness (QED) is 0.526. The number of fused-ring (bicyclic) bond motifs is 1. The monoisotopic (exact) mass is 403 g/mol. The first-order valence-corrected chi connectivity index (χ1v) is 9.88. The zero-order valence-corrected chi connectivity index (χ0v) is 16.3. The van der Waals surface area contributed by atoms with Crippen LogP contribution in [0.4, 0.5) is 17.2 Å². The second-order valence-electron chi connectivity index (χ2n) is 7.27. The molecule has 5 rings (SSSR count). The fourth-order valence-electron chi connectivity index (χ4n) is 3.72. The summed E-state index contributed by atoms with van der Waals surface area (Å²) < 4.78 is 7.08. The number of aromatic nitrogens is 4. The number of benzene rings is 1. The van der Waals surface area contributed by atoms with Crippen LogP contribution in [-0.4, -0.2) is 38.6 Å².